The summed E-state index contributed by atoms with van der Waals surface area (Å²) in [5, 5.41) is 0. The largest absolute Gasteiger partial charge is 0.312 e. The van der Waals surface area contributed by atoms with Gasteiger partial charge in [-0.1, -0.05) is 30.7 Å². The van der Waals surface area contributed by atoms with E-state index in [1.807, 2.05) is 29.6 Å². The lowest BCUT2D eigenvalue weighted by Crippen LogP contribution is -2.33. The van der Waals surface area contributed by atoms with E-state index in [2.05, 4.69) is 53.1 Å². The summed E-state index contributed by atoms with van der Waals surface area (Å²) in [6.45, 7) is 4.93. The van der Waals surface area contributed by atoms with Gasteiger partial charge < -0.3 is 4.90 Å². The van der Waals surface area contributed by atoms with Crippen LogP contribution in [0.1, 0.15) is 54.4 Å². The molecule has 1 amide bonds. The Kier molecular flexibility index (Phi) is 8.71. The molecule has 5 heteroatoms. The second-order valence-corrected chi connectivity index (χ2v) is 8.06. The van der Waals surface area contributed by atoms with Crippen LogP contribution in [-0.4, -0.2) is 27.4 Å². The number of hydrogen-bond acceptors (Lipinski definition) is 4. The van der Waals surface area contributed by atoms with Crippen molar-refractivity contribution in [3.63, 3.8) is 0 Å². The van der Waals surface area contributed by atoms with E-state index in [0.717, 1.165) is 61.9 Å². The number of unbranched alkanes of at least 4 members (excludes halogenated alkanes) is 2. The SMILES string of the molecule is Cc1cccc(C)c1N(CCCCCc1cncnc1)C(=O)CCCc1cccnc1. The molecule has 0 N–H and O–H groups in total. The number of aromatic nitrogens is 3. The number of nitrogens with zero attached hydrogens (tertiary/aromatic N) is 4. The summed E-state index contributed by atoms with van der Waals surface area (Å²) in [6.07, 6.45) is 15.3. The number of amides is 1. The van der Waals surface area contributed by atoms with Gasteiger partial charge in [0.15, 0.2) is 0 Å². The molecule has 1 aromatic carbocycles. The Morgan fingerprint density at radius 1 is 0.806 bits per heavy atom. The molecule has 31 heavy (non-hydrogen) atoms. The number of carbonyl (C=O) groups excluding carboxylic acids is 1. The minimum atomic E-state index is 0.206. The first-order valence-corrected chi connectivity index (χ1v) is 11.1. The van der Waals surface area contributed by atoms with Gasteiger partial charge in [0.25, 0.3) is 0 Å². The summed E-state index contributed by atoms with van der Waals surface area (Å²) in [6, 6.07) is 10.3. The average Bonchev–Trinajstić information content (AvgIpc) is 2.79. The van der Waals surface area contributed by atoms with Crippen molar-refractivity contribution in [2.24, 2.45) is 0 Å². The molecule has 0 bridgehead atoms. The average molecular weight is 417 g/mol. The van der Waals surface area contributed by atoms with Gasteiger partial charge in [-0.3, -0.25) is 9.78 Å². The van der Waals surface area contributed by atoms with Crippen LogP contribution in [0.4, 0.5) is 5.69 Å². The molecule has 162 valence electrons. The highest BCUT2D eigenvalue weighted by Crippen LogP contribution is 2.26. The predicted molar refractivity (Wildman–Crippen MR) is 125 cm³/mol. The van der Waals surface area contributed by atoms with Crippen molar-refractivity contribution < 1.29 is 4.79 Å². The van der Waals surface area contributed by atoms with Crippen LogP contribution in [-0.2, 0) is 17.6 Å². The molecular weight excluding hydrogens is 384 g/mol. The number of para-hydroxylation sites is 1. The summed E-state index contributed by atoms with van der Waals surface area (Å²) in [4.78, 5) is 27.5. The Morgan fingerprint density at radius 2 is 1.52 bits per heavy atom. The molecule has 0 aliphatic heterocycles. The molecule has 0 spiro atoms. The Bertz CT molecular complexity index is 924. The highest BCUT2D eigenvalue weighted by atomic mass is 16.2. The summed E-state index contributed by atoms with van der Waals surface area (Å²) < 4.78 is 0. The lowest BCUT2D eigenvalue weighted by Gasteiger charge is -2.26. The summed E-state index contributed by atoms with van der Waals surface area (Å²) in [7, 11) is 0. The normalized spacial score (nSPS) is 10.8. The van der Waals surface area contributed by atoms with E-state index in [4.69, 9.17) is 0 Å². The molecule has 0 unspecified atom stereocenters. The van der Waals surface area contributed by atoms with Crippen molar-refractivity contribution in [2.45, 2.75) is 58.8 Å². The molecule has 0 radical (unpaired) electrons. The third-order valence-electron chi connectivity index (χ3n) is 5.55. The van der Waals surface area contributed by atoms with E-state index in [9.17, 15) is 4.79 Å². The van der Waals surface area contributed by atoms with Gasteiger partial charge in [-0.15, -0.1) is 0 Å². The van der Waals surface area contributed by atoms with Gasteiger partial charge in [-0.25, -0.2) is 9.97 Å². The van der Waals surface area contributed by atoms with Crippen LogP contribution >= 0.6 is 0 Å². The number of anilines is 1. The summed E-state index contributed by atoms with van der Waals surface area (Å²) in [5.74, 6) is 0.206. The van der Waals surface area contributed by atoms with Crippen LogP contribution in [0.15, 0.2) is 61.4 Å². The van der Waals surface area contributed by atoms with Crippen molar-refractivity contribution in [3.8, 4) is 0 Å². The molecule has 2 heterocycles. The van der Waals surface area contributed by atoms with Crippen molar-refractivity contribution in [1.29, 1.82) is 0 Å². The molecule has 0 saturated heterocycles. The van der Waals surface area contributed by atoms with Crippen LogP contribution in [0.25, 0.3) is 0 Å². The fraction of sp³-hybridized carbons (Fsp3) is 0.385. The van der Waals surface area contributed by atoms with E-state index >= 15 is 0 Å². The van der Waals surface area contributed by atoms with Crippen molar-refractivity contribution in [3.05, 3.63) is 83.7 Å². The van der Waals surface area contributed by atoms with Gasteiger partial charge in [0, 0.05) is 43.4 Å². The molecule has 3 rings (SSSR count). The fourth-order valence-electron chi connectivity index (χ4n) is 3.95. The topological polar surface area (TPSA) is 59.0 Å². The molecule has 3 aromatic rings. The van der Waals surface area contributed by atoms with E-state index in [-0.39, 0.29) is 5.91 Å². The monoisotopic (exact) mass is 416 g/mol. The molecule has 0 saturated carbocycles. The van der Waals surface area contributed by atoms with E-state index < -0.39 is 0 Å². The van der Waals surface area contributed by atoms with Gasteiger partial charge in [0.05, 0.1) is 0 Å². The third-order valence-corrected chi connectivity index (χ3v) is 5.55. The molecular formula is C26H32N4O. The Morgan fingerprint density at radius 3 is 2.23 bits per heavy atom. The number of hydrogen-bond donors (Lipinski definition) is 0. The number of aryl methyl sites for hydroxylation is 4. The lowest BCUT2D eigenvalue weighted by atomic mass is 10.0. The van der Waals surface area contributed by atoms with Gasteiger partial charge in [0.1, 0.15) is 6.33 Å². The molecule has 0 atom stereocenters. The summed E-state index contributed by atoms with van der Waals surface area (Å²) >= 11 is 0. The van der Waals surface area contributed by atoms with Crippen LogP contribution in [0.3, 0.4) is 0 Å². The smallest absolute Gasteiger partial charge is 0.227 e. The van der Waals surface area contributed by atoms with Gasteiger partial charge in [0.2, 0.25) is 5.91 Å². The zero-order chi connectivity index (χ0) is 21.9. The Balaban J connectivity index is 1.57. The van der Waals surface area contributed by atoms with E-state index in [1.165, 1.54) is 11.1 Å². The second kappa shape index (κ2) is 11.9. The highest BCUT2D eigenvalue weighted by Gasteiger charge is 2.18. The maximum atomic E-state index is 13.2. The maximum absolute atomic E-state index is 13.2. The van der Waals surface area contributed by atoms with Crippen LogP contribution in [0.2, 0.25) is 0 Å². The minimum absolute atomic E-state index is 0.206. The van der Waals surface area contributed by atoms with E-state index in [0.29, 0.717) is 6.42 Å². The number of benzene rings is 1. The van der Waals surface area contributed by atoms with Crippen molar-refractivity contribution in [1.82, 2.24) is 15.0 Å². The first-order valence-electron chi connectivity index (χ1n) is 11.1. The van der Waals surface area contributed by atoms with E-state index in [1.54, 1.807) is 12.5 Å². The van der Waals surface area contributed by atoms with Gasteiger partial charge >= 0.3 is 0 Å². The quantitative estimate of drug-likeness (QED) is 0.400. The first kappa shape index (κ1) is 22.6. The van der Waals surface area contributed by atoms with Gasteiger partial charge in [-0.05, 0) is 74.3 Å². The number of carbonyl (C=O) groups is 1. The zero-order valence-corrected chi connectivity index (χ0v) is 18.6. The standard InChI is InChI=1S/C26H32N4O/c1-21-9-6-10-22(2)26(21)30(16-5-3-4-11-24-18-28-20-29-19-24)25(31)14-7-12-23-13-8-15-27-17-23/h6,8-10,13,15,17-20H,3-5,7,11-12,14,16H2,1-2H3. The van der Waals surface area contributed by atoms with Crippen LogP contribution in [0, 0.1) is 13.8 Å². The molecule has 2 aromatic heterocycles. The highest BCUT2D eigenvalue weighted by molar-refractivity contribution is 5.94. The second-order valence-electron chi connectivity index (χ2n) is 8.06. The zero-order valence-electron chi connectivity index (χ0n) is 18.6. The fourth-order valence-corrected chi connectivity index (χ4v) is 3.95. The number of pyridine rings is 1. The summed E-state index contributed by atoms with van der Waals surface area (Å²) in [5.41, 5.74) is 5.73. The lowest BCUT2D eigenvalue weighted by molar-refractivity contribution is -0.118. The molecule has 0 fully saturated rings. The third kappa shape index (κ3) is 6.99. The molecule has 0 aliphatic rings. The Hall–Kier alpha value is -3.08. The maximum Gasteiger partial charge on any atom is 0.227 e. The Labute approximate surface area is 185 Å². The van der Waals surface area contributed by atoms with Crippen molar-refractivity contribution in [2.75, 3.05) is 11.4 Å². The van der Waals surface area contributed by atoms with Crippen LogP contribution in [0.5, 0.6) is 0 Å². The number of rotatable bonds is 11. The van der Waals surface area contributed by atoms with Crippen LogP contribution < -0.4 is 4.90 Å². The molecule has 0 aliphatic carbocycles. The predicted octanol–water partition coefficient (Wildman–Crippen LogP) is 5.26. The van der Waals surface area contributed by atoms with Crippen molar-refractivity contribution >= 4 is 11.6 Å². The first-order chi connectivity index (χ1) is 15.1. The molecule has 5 nitrogen and oxygen atoms in total. The van der Waals surface area contributed by atoms with Gasteiger partial charge in [-0.2, -0.15) is 0 Å². The minimum Gasteiger partial charge on any atom is -0.312 e.